The van der Waals surface area contributed by atoms with Gasteiger partial charge in [0.2, 0.25) is 11.9 Å². The van der Waals surface area contributed by atoms with E-state index in [1.807, 2.05) is 25.6 Å². The van der Waals surface area contributed by atoms with Crippen molar-refractivity contribution in [1.82, 2.24) is 25.0 Å². The Morgan fingerprint density at radius 2 is 2.28 bits per heavy atom. The highest BCUT2D eigenvalue weighted by Crippen LogP contribution is 2.14. The summed E-state index contributed by atoms with van der Waals surface area (Å²) in [4.78, 5) is 15.5. The van der Waals surface area contributed by atoms with E-state index in [2.05, 4.69) is 25.6 Å². The Morgan fingerprint density at radius 3 is 2.83 bits per heavy atom. The number of H-pyrrole nitrogens is 1. The first-order valence-corrected chi connectivity index (χ1v) is 5.72. The van der Waals surface area contributed by atoms with E-state index in [1.165, 1.54) is 6.33 Å². The van der Waals surface area contributed by atoms with Crippen LogP contribution in [0, 0.1) is 13.8 Å². The van der Waals surface area contributed by atoms with E-state index in [0.29, 0.717) is 18.8 Å². The molecule has 0 unspecified atom stereocenters. The van der Waals surface area contributed by atoms with Crippen molar-refractivity contribution in [2.24, 2.45) is 7.05 Å². The Bertz CT molecular complexity index is 542. The fourth-order valence-corrected chi connectivity index (χ4v) is 1.88. The van der Waals surface area contributed by atoms with Crippen LogP contribution in [0.25, 0.3) is 0 Å². The van der Waals surface area contributed by atoms with Gasteiger partial charge in [0.1, 0.15) is 6.33 Å². The van der Waals surface area contributed by atoms with Crippen LogP contribution < -0.4 is 5.32 Å². The topological polar surface area (TPSA) is 88.5 Å². The highest BCUT2D eigenvalue weighted by atomic mass is 16.1. The maximum Gasteiger partial charge on any atom is 0.227 e. The minimum atomic E-state index is -0.0885. The number of hydrogen-bond acceptors (Lipinski definition) is 4. The summed E-state index contributed by atoms with van der Waals surface area (Å²) in [5.41, 5.74) is 3.20. The van der Waals surface area contributed by atoms with Gasteiger partial charge in [-0.2, -0.15) is 15.2 Å². The van der Waals surface area contributed by atoms with E-state index in [0.717, 1.165) is 17.0 Å². The van der Waals surface area contributed by atoms with Crippen molar-refractivity contribution in [3.05, 3.63) is 23.3 Å². The SMILES string of the molecule is Cc1nn(C)c(C)c1CCC(=O)Nc1ncn[nH]1. The zero-order valence-electron chi connectivity index (χ0n) is 10.7. The van der Waals surface area contributed by atoms with Crippen LogP contribution in [-0.2, 0) is 18.3 Å². The van der Waals surface area contributed by atoms with E-state index in [4.69, 9.17) is 0 Å². The van der Waals surface area contributed by atoms with E-state index in [-0.39, 0.29) is 5.91 Å². The van der Waals surface area contributed by atoms with Gasteiger partial charge in [0.05, 0.1) is 5.69 Å². The standard InChI is InChI=1S/C11H16N6O/c1-7-9(8(2)17(3)16-7)4-5-10(18)14-11-12-6-13-15-11/h6H,4-5H2,1-3H3,(H2,12,13,14,15,18). The minimum Gasteiger partial charge on any atom is -0.295 e. The van der Waals surface area contributed by atoms with Crippen molar-refractivity contribution in [3.63, 3.8) is 0 Å². The second kappa shape index (κ2) is 4.99. The van der Waals surface area contributed by atoms with Gasteiger partial charge in [-0.05, 0) is 25.8 Å². The van der Waals surface area contributed by atoms with Gasteiger partial charge in [-0.15, -0.1) is 0 Å². The molecule has 18 heavy (non-hydrogen) atoms. The summed E-state index contributed by atoms with van der Waals surface area (Å²) in [5.74, 6) is 0.286. The Labute approximate surface area is 105 Å². The number of carbonyl (C=O) groups excluding carboxylic acids is 1. The smallest absolute Gasteiger partial charge is 0.227 e. The molecule has 0 aliphatic carbocycles. The van der Waals surface area contributed by atoms with Crippen molar-refractivity contribution in [3.8, 4) is 0 Å². The maximum atomic E-state index is 11.7. The lowest BCUT2D eigenvalue weighted by Gasteiger charge is -2.02. The second-order valence-electron chi connectivity index (χ2n) is 4.16. The lowest BCUT2D eigenvalue weighted by atomic mass is 10.1. The monoisotopic (exact) mass is 248 g/mol. The summed E-state index contributed by atoms with van der Waals surface area (Å²) in [5, 5.41) is 13.2. The number of hydrogen-bond donors (Lipinski definition) is 2. The van der Waals surface area contributed by atoms with Gasteiger partial charge in [0.15, 0.2) is 0 Å². The third-order valence-electron chi connectivity index (χ3n) is 2.93. The summed E-state index contributed by atoms with van der Waals surface area (Å²) in [6.45, 7) is 3.96. The summed E-state index contributed by atoms with van der Waals surface area (Å²) in [6.07, 6.45) is 2.42. The Hall–Kier alpha value is -2.18. The number of aromatic amines is 1. The molecule has 0 radical (unpaired) electrons. The summed E-state index contributed by atoms with van der Waals surface area (Å²) < 4.78 is 1.83. The van der Waals surface area contributed by atoms with Gasteiger partial charge in [-0.1, -0.05) is 0 Å². The third kappa shape index (κ3) is 2.55. The molecule has 2 rings (SSSR count). The number of anilines is 1. The molecule has 7 heteroatoms. The van der Waals surface area contributed by atoms with Crippen LogP contribution in [0.15, 0.2) is 6.33 Å². The second-order valence-corrected chi connectivity index (χ2v) is 4.16. The van der Waals surface area contributed by atoms with E-state index >= 15 is 0 Å². The zero-order chi connectivity index (χ0) is 13.1. The molecule has 0 saturated carbocycles. The minimum absolute atomic E-state index is 0.0885. The number of carbonyl (C=O) groups is 1. The fourth-order valence-electron chi connectivity index (χ4n) is 1.88. The van der Waals surface area contributed by atoms with Crippen molar-refractivity contribution >= 4 is 11.9 Å². The summed E-state index contributed by atoms with van der Waals surface area (Å²) >= 11 is 0. The van der Waals surface area contributed by atoms with Crippen LogP contribution in [0.5, 0.6) is 0 Å². The van der Waals surface area contributed by atoms with Gasteiger partial charge in [0.25, 0.3) is 0 Å². The van der Waals surface area contributed by atoms with Crippen LogP contribution in [0.4, 0.5) is 5.95 Å². The summed E-state index contributed by atoms with van der Waals surface area (Å²) in [7, 11) is 1.90. The lowest BCUT2D eigenvalue weighted by molar-refractivity contribution is -0.116. The molecule has 0 bridgehead atoms. The average Bonchev–Trinajstić information content (AvgIpc) is 2.88. The maximum absolute atomic E-state index is 11.7. The van der Waals surface area contributed by atoms with Gasteiger partial charge >= 0.3 is 0 Å². The molecule has 0 aromatic carbocycles. The van der Waals surface area contributed by atoms with Crippen LogP contribution in [0.1, 0.15) is 23.4 Å². The van der Waals surface area contributed by atoms with Gasteiger partial charge < -0.3 is 0 Å². The normalized spacial score (nSPS) is 10.6. The predicted octanol–water partition coefficient (Wildman–Crippen LogP) is 0.726. The molecule has 1 amide bonds. The first kappa shape index (κ1) is 12.3. The largest absolute Gasteiger partial charge is 0.295 e. The van der Waals surface area contributed by atoms with E-state index in [9.17, 15) is 4.79 Å². The van der Waals surface area contributed by atoms with Gasteiger partial charge in [-0.25, -0.2) is 5.10 Å². The average molecular weight is 248 g/mol. The highest BCUT2D eigenvalue weighted by molar-refractivity contribution is 5.88. The van der Waals surface area contributed by atoms with Crippen LogP contribution >= 0.6 is 0 Å². The number of aryl methyl sites for hydroxylation is 2. The Kier molecular flexibility index (Phi) is 3.40. The number of nitrogens with one attached hydrogen (secondary N) is 2. The molecule has 2 heterocycles. The molecule has 0 fully saturated rings. The first-order valence-electron chi connectivity index (χ1n) is 5.72. The molecule has 0 aliphatic rings. The molecule has 2 N–H and O–H groups in total. The summed E-state index contributed by atoms with van der Waals surface area (Å²) in [6, 6.07) is 0. The third-order valence-corrected chi connectivity index (χ3v) is 2.93. The molecule has 2 aromatic rings. The van der Waals surface area contributed by atoms with E-state index in [1.54, 1.807) is 0 Å². The van der Waals surface area contributed by atoms with E-state index < -0.39 is 0 Å². The van der Waals surface area contributed by atoms with Gasteiger partial charge in [0, 0.05) is 19.2 Å². The number of nitrogens with zero attached hydrogens (tertiary/aromatic N) is 4. The number of rotatable bonds is 4. The molecule has 0 aliphatic heterocycles. The quantitative estimate of drug-likeness (QED) is 0.834. The van der Waals surface area contributed by atoms with Crippen LogP contribution in [0.3, 0.4) is 0 Å². The molecule has 0 saturated heterocycles. The molecule has 2 aromatic heterocycles. The van der Waals surface area contributed by atoms with Crippen molar-refractivity contribution < 1.29 is 4.79 Å². The molecule has 0 atom stereocenters. The van der Waals surface area contributed by atoms with Crippen LogP contribution in [0.2, 0.25) is 0 Å². The Balaban J connectivity index is 1.93. The zero-order valence-corrected chi connectivity index (χ0v) is 10.7. The molecular formula is C11H16N6O. The van der Waals surface area contributed by atoms with Crippen molar-refractivity contribution in [2.45, 2.75) is 26.7 Å². The van der Waals surface area contributed by atoms with Crippen molar-refractivity contribution in [1.29, 1.82) is 0 Å². The lowest BCUT2D eigenvalue weighted by Crippen LogP contribution is -2.13. The number of aromatic nitrogens is 5. The molecule has 96 valence electrons. The van der Waals surface area contributed by atoms with Crippen LogP contribution in [-0.4, -0.2) is 30.9 Å². The highest BCUT2D eigenvalue weighted by Gasteiger charge is 2.11. The Morgan fingerprint density at radius 1 is 1.50 bits per heavy atom. The molecule has 0 spiro atoms. The van der Waals surface area contributed by atoms with Crippen molar-refractivity contribution in [2.75, 3.05) is 5.32 Å². The molecular weight excluding hydrogens is 232 g/mol. The van der Waals surface area contributed by atoms with Gasteiger partial charge in [-0.3, -0.25) is 14.8 Å². The number of amides is 1. The fraction of sp³-hybridized carbons (Fsp3) is 0.455. The molecule has 7 nitrogen and oxygen atoms in total. The predicted molar refractivity (Wildman–Crippen MR) is 66.0 cm³/mol. The first-order chi connectivity index (χ1) is 8.58.